The molecule has 0 amide bonds. The predicted octanol–water partition coefficient (Wildman–Crippen LogP) is 3.38. The second-order valence-corrected chi connectivity index (χ2v) is 9.29. The molecule has 0 radical (unpaired) electrons. The van der Waals surface area contributed by atoms with Crippen LogP contribution >= 0.6 is 23.2 Å². The molecule has 3 rings (SSSR count). The van der Waals surface area contributed by atoms with Crippen LogP contribution in [0.25, 0.3) is 5.69 Å². The third-order valence-corrected chi connectivity index (χ3v) is 7.12. The summed E-state index contributed by atoms with van der Waals surface area (Å²) in [7, 11) is 0.702. The van der Waals surface area contributed by atoms with Crippen LogP contribution in [0.15, 0.2) is 58.4 Å². The van der Waals surface area contributed by atoms with Crippen LogP contribution in [0.4, 0.5) is 0 Å². The van der Waals surface area contributed by atoms with Crippen LogP contribution in [0.3, 0.4) is 0 Å². The summed E-state index contributed by atoms with van der Waals surface area (Å²) in [6.45, 7) is 0.0884. The first-order chi connectivity index (χ1) is 14.7. The summed E-state index contributed by atoms with van der Waals surface area (Å²) in [6.07, 6.45) is 1.24. The monoisotopic (exact) mass is 483 g/mol. The number of nitrogens with zero attached hydrogens (tertiary/aromatic N) is 3. The molecular weight excluding hydrogens is 465 g/mol. The van der Waals surface area contributed by atoms with Crippen molar-refractivity contribution in [3.8, 4) is 17.2 Å². The van der Waals surface area contributed by atoms with Gasteiger partial charge in [-0.2, -0.15) is 14.1 Å². The van der Waals surface area contributed by atoms with E-state index >= 15 is 0 Å². The average molecular weight is 484 g/mol. The van der Waals surface area contributed by atoms with E-state index in [1.165, 1.54) is 56.0 Å². The topological polar surface area (TPSA) is 90.7 Å². The van der Waals surface area contributed by atoms with Crippen molar-refractivity contribution in [1.29, 1.82) is 0 Å². The number of aromatic nitrogens is 2. The zero-order chi connectivity index (χ0) is 22.8. The highest BCUT2D eigenvalue weighted by Crippen LogP contribution is 2.27. The van der Waals surface area contributed by atoms with Gasteiger partial charge in [-0.05, 0) is 30.3 Å². The van der Waals surface area contributed by atoms with Gasteiger partial charge < -0.3 is 9.47 Å². The molecule has 0 saturated heterocycles. The van der Waals surface area contributed by atoms with Crippen molar-refractivity contribution in [3.63, 3.8) is 0 Å². The quantitative estimate of drug-likeness (QED) is 0.511. The molecule has 0 atom stereocenters. The number of hydrogen-bond acceptors (Lipinski definition) is 6. The normalized spacial score (nSPS) is 11.5. The fraction of sp³-hybridized carbons (Fsp3) is 0.200. The van der Waals surface area contributed by atoms with Crippen molar-refractivity contribution in [3.05, 3.63) is 74.6 Å². The minimum Gasteiger partial charge on any atom is -0.497 e. The van der Waals surface area contributed by atoms with Crippen molar-refractivity contribution in [1.82, 2.24) is 14.1 Å². The minimum absolute atomic E-state index is 0.0395. The zero-order valence-electron chi connectivity index (χ0n) is 16.9. The highest BCUT2D eigenvalue weighted by atomic mass is 35.5. The smallest absolute Gasteiger partial charge is 0.291 e. The van der Waals surface area contributed by atoms with E-state index in [0.717, 1.165) is 4.68 Å². The Morgan fingerprint density at radius 3 is 2.35 bits per heavy atom. The second kappa shape index (κ2) is 9.27. The molecule has 0 saturated carbocycles. The van der Waals surface area contributed by atoms with Gasteiger partial charge in [-0.15, -0.1) is 0 Å². The molecule has 8 nitrogen and oxygen atoms in total. The van der Waals surface area contributed by atoms with Gasteiger partial charge in [-0.25, -0.2) is 8.42 Å². The first-order valence-corrected chi connectivity index (χ1v) is 11.1. The molecule has 0 aliphatic heterocycles. The Kier molecular flexibility index (Phi) is 6.90. The van der Waals surface area contributed by atoms with Crippen LogP contribution < -0.4 is 15.0 Å². The number of sulfonamides is 1. The summed E-state index contributed by atoms with van der Waals surface area (Å²) in [6, 6.07) is 10.9. The summed E-state index contributed by atoms with van der Waals surface area (Å²) in [5, 5.41) is 3.80. The summed E-state index contributed by atoms with van der Waals surface area (Å²) in [5.41, 5.74) is 0.424. The largest absolute Gasteiger partial charge is 0.497 e. The van der Waals surface area contributed by atoms with Crippen LogP contribution in [0.1, 0.15) is 5.56 Å². The molecule has 1 aromatic heterocycles. The summed E-state index contributed by atoms with van der Waals surface area (Å²) in [5.74, 6) is 1.12. The fourth-order valence-corrected chi connectivity index (χ4v) is 4.25. The molecule has 31 heavy (non-hydrogen) atoms. The Balaban J connectivity index is 1.87. The molecule has 164 valence electrons. The molecule has 0 N–H and O–H groups in total. The van der Waals surface area contributed by atoms with Gasteiger partial charge in [-0.3, -0.25) is 4.79 Å². The van der Waals surface area contributed by atoms with Crippen LogP contribution in [-0.2, 0) is 16.6 Å². The number of hydrogen-bond donors (Lipinski definition) is 0. The van der Waals surface area contributed by atoms with Gasteiger partial charge in [0.2, 0.25) is 10.0 Å². The lowest BCUT2D eigenvalue weighted by atomic mass is 10.2. The number of methoxy groups -OCH3 is 2. The van der Waals surface area contributed by atoms with Crippen LogP contribution in [-0.4, -0.2) is 43.8 Å². The van der Waals surface area contributed by atoms with E-state index in [1.807, 2.05) is 0 Å². The highest BCUT2D eigenvalue weighted by Gasteiger charge is 2.22. The number of benzene rings is 2. The lowest BCUT2D eigenvalue weighted by Gasteiger charge is -2.19. The van der Waals surface area contributed by atoms with E-state index in [9.17, 15) is 13.2 Å². The molecule has 0 aliphatic carbocycles. The first-order valence-electron chi connectivity index (χ1n) is 8.90. The number of rotatable bonds is 7. The third kappa shape index (κ3) is 4.69. The Morgan fingerprint density at radius 1 is 1.06 bits per heavy atom. The van der Waals surface area contributed by atoms with E-state index in [2.05, 4.69) is 5.10 Å². The molecule has 0 unspecified atom stereocenters. The Labute approximate surface area is 189 Å². The van der Waals surface area contributed by atoms with Crippen molar-refractivity contribution in [2.45, 2.75) is 11.4 Å². The standard InChI is InChI=1S/C20H19Cl2N3O5S/c1-24(12-13-4-7-15(29-2)10-18(13)30-3)31(27,28)16-8-5-14(6-9-16)25-20(26)19(22)17(21)11-23-25/h4-11H,12H2,1-3H3. The van der Waals surface area contributed by atoms with Gasteiger partial charge >= 0.3 is 0 Å². The maximum atomic E-state index is 13.0. The molecule has 0 fully saturated rings. The van der Waals surface area contributed by atoms with E-state index < -0.39 is 15.6 Å². The van der Waals surface area contributed by atoms with Gasteiger partial charge in [-0.1, -0.05) is 29.3 Å². The molecule has 0 aliphatic rings. The summed E-state index contributed by atoms with van der Waals surface area (Å²) >= 11 is 11.7. The van der Waals surface area contributed by atoms with Crippen molar-refractivity contribution in [2.24, 2.45) is 0 Å². The van der Waals surface area contributed by atoms with Crippen LogP contribution in [0.5, 0.6) is 11.5 Å². The summed E-state index contributed by atoms with van der Waals surface area (Å²) in [4.78, 5) is 12.3. The van der Waals surface area contributed by atoms with Crippen molar-refractivity contribution >= 4 is 33.2 Å². The van der Waals surface area contributed by atoms with E-state index in [-0.39, 0.29) is 21.5 Å². The number of ether oxygens (including phenoxy) is 2. The maximum absolute atomic E-state index is 13.0. The lowest BCUT2D eigenvalue weighted by Crippen LogP contribution is -2.27. The Morgan fingerprint density at radius 2 is 1.74 bits per heavy atom. The van der Waals surface area contributed by atoms with Gasteiger partial charge in [0.1, 0.15) is 16.5 Å². The van der Waals surface area contributed by atoms with E-state index in [4.69, 9.17) is 32.7 Å². The summed E-state index contributed by atoms with van der Waals surface area (Å²) < 4.78 is 38.8. The van der Waals surface area contributed by atoms with Crippen molar-refractivity contribution in [2.75, 3.05) is 21.3 Å². The van der Waals surface area contributed by atoms with Gasteiger partial charge in [0.25, 0.3) is 5.56 Å². The third-order valence-electron chi connectivity index (χ3n) is 4.55. The fourth-order valence-electron chi connectivity index (χ4n) is 2.84. The number of halogens is 2. The van der Waals surface area contributed by atoms with E-state index in [1.54, 1.807) is 18.2 Å². The molecular formula is C20H19Cl2N3O5S. The maximum Gasteiger partial charge on any atom is 0.291 e. The molecule has 0 bridgehead atoms. The molecule has 11 heteroatoms. The first kappa shape index (κ1) is 23.1. The van der Waals surface area contributed by atoms with Crippen molar-refractivity contribution < 1.29 is 17.9 Å². The second-order valence-electron chi connectivity index (χ2n) is 6.46. The lowest BCUT2D eigenvalue weighted by molar-refractivity contribution is 0.384. The van der Waals surface area contributed by atoms with Crippen LogP contribution in [0.2, 0.25) is 10.0 Å². The Hall–Kier alpha value is -2.59. The molecule has 3 aromatic rings. The van der Waals surface area contributed by atoms with Gasteiger partial charge in [0.15, 0.2) is 0 Å². The average Bonchev–Trinajstić information content (AvgIpc) is 2.78. The molecule has 0 spiro atoms. The van der Waals surface area contributed by atoms with Gasteiger partial charge in [0.05, 0.1) is 36.0 Å². The molecule has 1 heterocycles. The van der Waals surface area contributed by atoms with Crippen LogP contribution in [0, 0.1) is 0 Å². The van der Waals surface area contributed by atoms with Gasteiger partial charge in [0, 0.05) is 25.2 Å². The zero-order valence-corrected chi connectivity index (χ0v) is 19.2. The molecule has 2 aromatic carbocycles. The minimum atomic E-state index is -3.81. The highest BCUT2D eigenvalue weighted by molar-refractivity contribution is 7.89. The van der Waals surface area contributed by atoms with E-state index in [0.29, 0.717) is 22.7 Å². The Bertz CT molecular complexity index is 1260. The SMILES string of the molecule is COc1ccc(CN(C)S(=O)(=O)c2ccc(-n3ncc(Cl)c(Cl)c3=O)cc2)c(OC)c1. The predicted molar refractivity (Wildman–Crippen MR) is 118 cm³/mol.